The Morgan fingerprint density at radius 3 is 2.83 bits per heavy atom. The zero-order chi connectivity index (χ0) is 9.14. The van der Waals surface area contributed by atoms with Gasteiger partial charge < -0.3 is 9.64 Å². The molecule has 0 saturated carbocycles. The van der Waals surface area contributed by atoms with Gasteiger partial charge >= 0.3 is 0 Å². The molecule has 1 aliphatic rings. The van der Waals surface area contributed by atoms with E-state index >= 15 is 0 Å². The third kappa shape index (κ3) is 1.78. The summed E-state index contributed by atoms with van der Waals surface area (Å²) in [5.74, 6) is 0.444. The smallest absolute Gasteiger partial charge is 0.137 e. The van der Waals surface area contributed by atoms with Gasteiger partial charge in [0.05, 0.1) is 12.6 Å². The van der Waals surface area contributed by atoms with Crippen LogP contribution in [-0.4, -0.2) is 24.6 Å². The summed E-state index contributed by atoms with van der Waals surface area (Å²) < 4.78 is 18.3. The molecule has 0 aromatic heterocycles. The van der Waals surface area contributed by atoms with Crippen LogP contribution in [0.15, 0.2) is 23.9 Å². The first kappa shape index (κ1) is 9.10. The maximum absolute atomic E-state index is 13.1. The van der Waals surface area contributed by atoms with Gasteiger partial charge in [-0.15, -0.1) is 0 Å². The van der Waals surface area contributed by atoms with Crippen molar-refractivity contribution in [3.63, 3.8) is 0 Å². The number of rotatable bonds is 2. The minimum absolute atomic E-state index is 0.150. The quantitative estimate of drug-likeness (QED) is 0.630. The fraction of sp³-hybridized carbons (Fsp3) is 0.556. The van der Waals surface area contributed by atoms with Gasteiger partial charge in [-0.25, -0.2) is 4.39 Å². The molecule has 0 fully saturated rings. The second-order valence-electron chi connectivity index (χ2n) is 2.84. The van der Waals surface area contributed by atoms with E-state index in [1.54, 1.807) is 11.1 Å². The summed E-state index contributed by atoms with van der Waals surface area (Å²) in [7, 11) is 1.83. The zero-order valence-corrected chi connectivity index (χ0v) is 7.67. The number of likely N-dealkylation sites (N-methyl/N-ethyl adjacent to an activating group) is 1. The van der Waals surface area contributed by atoms with Crippen LogP contribution in [0.25, 0.3) is 0 Å². The van der Waals surface area contributed by atoms with Gasteiger partial charge in [-0.2, -0.15) is 0 Å². The molecule has 1 rings (SSSR count). The van der Waals surface area contributed by atoms with Gasteiger partial charge in [-0.3, -0.25) is 0 Å². The van der Waals surface area contributed by atoms with E-state index in [2.05, 4.69) is 0 Å². The van der Waals surface area contributed by atoms with Crippen LogP contribution in [0.4, 0.5) is 4.39 Å². The van der Waals surface area contributed by atoms with E-state index in [-0.39, 0.29) is 11.9 Å². The van der Waals surface area contributed by atoms with E-state index < -0.39 is 0 Å². The third-order valence-electron chi connectivity index (χ3n) is 1.93. The molecule has 68 valence electrons. The Labute approximate surface area is 72.3 Å². The van der Waals surface area contributed by atoms with E-state index in [1.807, 2.05) is 20.9 Å². The summed E-state index contributed by atoms with van der Waals surface area (Å²) in [6.45, 7) is 4.26. The fourth-order valence-corrected chi connectivity index (χ4v) is 1.05. The van der Waals surface area contributed by atoms with Crippen LogP contribution >= 0.6 is 0 Å². The molecular weight excluding hydrogens is 157 g/mol. The maximum Gasteiger partial charge on any atom is 0.137 e. The number of ether oxygens (including phenoxy) is 1. The standard InChI is InChI=1S/C9H14FNO/c1-4-12-8-5-9(10)7(2)11(3)6-8/h5-7H,4H2,1-3H3. The van der Waals surface area contributed by atoms with Crippen molar-refractivity contribution in [3.05, 3.63) is 23.9 Å². The Balaban J connectivity index is 2.73. The van der Waals surface area contributed by atoms with Crippen molar-refractivity contribution in [2.75, 3.05) is 13.7 Å². The molecule has 0 radical (unpaired) electrons. The molecule has 0 spiro atoms. The molecule has 1 atom stereocenters. The molecule has 0 amide bonds. The Kier molecular flexibility index (Phi) is 2.74. The summed E-state index contributed by atoms with van der Waals surface area (Å²) in [5.41, 5.74) is 0. The van der Waals surface area contributed by atoms with Crippen LogP contribution in [0, 0.1) is 0 Å². The second kappa shape index (κ2) is 3.61. The fourth-order valence-electron chi connectivity index (χ4n) is 1.05. The van der Waals surface area contributed by atoms with E-state index in [0.717, 1.165) is 0 Å². The van der Waals surface area contributed by atoms with E-state index in [1.165, 1.54) is 6.08 Å². The van der Waals surface area contributed by atoms with Gasteiger partial charge in [0, 0.05) is 19.3 Å². The van der Waals surface area contributed by atoms with Gasteiger partial charge in [0.25, 0.3) is 0 Å². The number of halogens is 1. The van der Waals surface area contributed by atoms with Crippen LogP contribution < -0.4 is 0 Å². The van der Waals surface area contributed by atoms with Crippen molar-refractivity contribution in [2.45, 2.75) is 19.9 Å². The second-order valence-corrected chi connectivity index (χ2v) is 2.84. The molecule has 1 unspecified atom stereocenters. The van der Waals surface area contributed by atoms with Crippen LogP contribution in [0.1, 0.15) is 13.8 Å². The average molecular weight is 171 g/mol. The Morgan fingerprint density at radius 2 is 2.33 bits per heavy atom. The minimum Gasteiger partial charge on any atom is -0.492 e. The Hall–Kier alpha value is -0.990. The van der Waals surface area contributed by atoms with Crippen molar-refractivity contribution in [2.24, 2.45) is 0 Å². The number of hydrogen-bond acceptors (Lipinski definition) is 2. The molecule has 0 aliphatic carbocycles. The SMILES string of the molecule is CCOC1=CN(C)C(C)C(F)=C1. The highest BCUT2D eigenvalue weighted by Crippen LogP contribution is 2.20. The van der Waals surface area contributed by atoms with Gasteiger partial charge in [0.1, 0.15) is 11.6 Å². The van der Waals surface area contributed by atoms with Gasteiger partial charge in [-0.1, -0.05) is 0 Å². The third-order valence-corrected chi connectivity index (χ3v) is 1.93. The molecule has 0 aromatic rings. The Morgan fingerprint density at radius 1 is 1.67 bits per heavy atom. The highest BCUT2D eigenvalue weighted by atomic mass is 19.1. The predicted octanol–water partition coefficient (Wildman–Crippen LogP) is 2.05. The lowest BCUT2D eigenvalue weighted by Gasteiger charge is -2.26. The summed E-state index contributed by atoms with van der Waals surface area (Å²) in [6.07, 6.45) is 3.24. The molecule has 12 heavy (non-hydrogen) atoms. The van der Waals surface area contributed by atoms with Gasteiger partial charge in [-0.05, 0) is 13.8 Å². The molecule has 0 saturated heterocycles. The first-order valence-electron chi connectivity index (χ1n) is 4.08. The lowest BCUT2D eigenvalue weighted by molar-refractivity contribution is 0.217. The van der Waals surface area contributed by atoms with Crippen molar-refractivity contribution >= 4 is 0 Å². The zero-order valence-electron chi connectivity index (χ0n) is 7.67. The summed E-state index contributed by atoms with van der Waals surface area (Å²) >= 11 is 0. The van der Waals surface area contributed by atoms with Gasteiger partial charge in [0.15, 0.2) is 0 Å². The van der Waals surface area contributed by atoms with Crippen LogP contribution in [0.3, 0.4) is 0 Å². The van der Waals surface area contributed by atoms with Crippen LogP contribution in [-0.2, 0) is 4.74 Å². The maximum atomic E-state index is 13.1. The normalized spacial score (nSPS) is 23.3. The minimum atomic E-state index is -0.172. The predicted molar refractivity (Wildman–Crippen MR) is 46.1 cm³/mol. The molecule has 0 N–H and O–H groups in total. The summed E-state index contributed by atoms with van der Waals surface area (Å²) in [6, 6.07) is -0.172. The molecule has 3 heteroatoms. The van der Waals surface area contributed by atoms with Crippen molar-refractivity contribution < 1.29 is 9.13 Å². The highest BCUT2D eigenvalue weighted by Gasteiger charge is 2.17. The monoisotopic (exact) mass is 171 g/mol. The van der Waals surface area contributed by atoms with E-state index in [9.17, 15) is 4.39 Å². The van der Waals surface area contributed by atoms with Crippen molar-refractivity contribution in [3.8, 4) is 0 Å². The van der Waals surface area contributed by atoms with Crippen LogP contribution in [0.5, 0.6) is 0 Å². The number of allylic oxidation sites excluding steroid dienone is 1. The van der Waals surface area contributed by atoms with Crippen molar-refractivity contribution in [1.82, 2.24) is 4.90 Å². The summed E-state index contributed by atoms with van der Waals surface area (Å²) in [4.78, 5) is 1.79. The topological polar surface area (TPSA) is 12.5 Å². The van der Waals surface area contributed by atoms with E-state index in [4.69, 9.17) is 4.74 Å². The molecule has 1 heterocycles. The molecule has 0 aromatic carbocycles. The van der Waals surface area contributed by atoms with Crippen molar-refractivity contribution in [1.29, 1.82) is 0 Å². The highest BCUT2D eigenvalue weighted by molar-refractivity contribution is 5.22. The lowest BCUT2D eigenvalue weighted by atomic mass is 10.2. The number of hydrogen-bond donors (Lipinski definition) is 0. The first-order valence-corrected chi connectivity index (χ1v) is 4.08. The molecule has 1 aliphatic heterocycles. The van der Waals surface area contributed by atoms with Crippen LogP contribution in [0.2, 0.25) is 0 Å². The van der Waals surface area contributed by atoms with Gasteiger partial charge in [0.2, 0.25) is 0 Å². The molecule has 0 bridgehead atoms. The Bertz CT molecular complexity index is 223. The van der Waals surface area contributed by atoms with E-state index in [0.29, 0.717) is 12.4 Å². The lowest BCUT2D eigenvalue weighted by Crippen LogP contribution is -2.27. The largest absolute Gasteiger partial charge is 0.492 e. The summed E-state index contributed by atoms with van der Waals surface area (Å²) in [5, 5.41) is 0. The average Bonchev–Trinajstić information content (AvgIpc) is 2.01. The first-order chi connectivity index (χ1) is 5.65. The molecule has 2 nitrogen and oxygen atoms in total. The molecular formula is C9H14FNO. The number of nitrogens with zero attached hydrogens (tertiary/aromatic N) is 1.